The van der Waals surface area contributed by atoms with Crippen molar-refractivity contribution in [3.8, 4) is 5.75 Å². The summed E-state index contributed by atoms with van der Waals surface area (Å²) in [5, 5.41) is 10.9. The lowest BCUT2D eigenvalue weighted by Crippen LogP contribution is -2.21. The number of hydrogen-bond acceptors (Lipinski definition) is 4. The number of hydrogen-bond donors (Lipinski definition) is 1. The van der Waals surface area contributed by atoms with Crippen LogP contribution in [0.2, 0.25) is 0 Å². The molecule has 2 aromatic heterocycles. The zero-order chi connectivity index (χ0) is 15.4. The molecule has 0 atom stereocenters. The van der Waals surface area contributed by atoms with Crippen molar-refractivity contribution in [1.82, 2.24) is 14.9 Å². The maximum absolute atomic E-state index is 9.90. The van der Waals surface area contributed by atoms with Crippen LogP contribution in [0.25, 0.3) is 10.9 Å². The molecule has 3 aromatic rings. The Kier molecular flexibility index (Phi) is 4.30. The quantitative estimate of drug-likeness (QED) is 0.785. The monoisotopic (exact) mass is 293 g/mol. The first-order valence-electron chi connectivity index (χ1n) is 7.38. The van der Waals surface area contributed by atoms with Crippen molar-refractivity contribution >= 4 is 10.9 Å². The Morgan fingerprint density at radius 2 is 1.91 bits per heavy atom. The summed E-state index contributed by atoms with van der Waals surface area (Å²) in [7, 11) is 2.07. The molecular weight excluding hydrogens is 274 g/mol. The number of phenolic OH excluding ortho intramolecular Hbond substituents is 1. The van der Waals surface area contributed by atoms with E-state index in [4.69, 9.17) is 0 Å². The minimum atomic E-state index is 0.232. The molecule has 1 aromatic carbocycles. The lowest BCUT2D eigenvalue weighted by atomic mass is 10.2. The molecule has 0 aliphatic rings. The minimum absolute atomic E-state index is 0.232. The molecule has 0 aliphatic carbocycles. The molecular formula is C18H19N3O. The fraction of sp³-hybridized carbons (Fsp3) is 0.222. The Labute approximate surface area is 130 Å². The average Bonchev–Trinajstić information content (AvgIpc) is 2.55. The van der Waals surface area contributed by atoms with Crippen molar-refractivity contribution in [2.75, 3.05) is 13.6 Å². The van der Waals surface area contributed by atoms with Gasteiger partial charge >= 0.3 is 0 Å². The van der Waals surface area contributed by atoms with E-state index in [1.165, 1.54) is 0 Å². The highest BCUT2D eigenvalue weighted by molar-refractivity contribution is 5.84. The fourth-order valence-corrected chi connectivity index (χ4v) is 2.47. The third-order valence-electron chi connectivity index (χ3n) is 3.66. The normalized spacial score (nSPS) is 11.2. The van der Waals surface area contributed by atoms with Crippen LogP contribution in [0.3, 0.4) is 0 Å². The Bertz CT molecular complexity index is 759. The molecule has 1 N–H and O–H groups in total. The number of benzene rings is 1. The number of nitrogens with zero attached hydrogens (tertiary/aromatic N) is 3. The maximum atomic E-state index is 9.90. The van der Waals surface area contributed by atoms with Crippen molar-refractivity contribution in [1.29, 1.82) is 0 Å². The van der Waals surface area contributed by atoms with Crippen molar-refractivity contribution in [3.63, 3.8) is 0 Å². The van der Waals surface area contributed by atoms with Crippen molar-refractivity contribution in [2.45, 2.75) is 13.0 Å². The van der Waals surface area contributed by atoms with Crippen LogP contribution in [0.4, 0.5) is 0 Å². The van der Waals surface area contributed by atoms with Gasteiger partial charge in [0.05, 0.1) is 5.69 Å². The zero-order valence-electron chi connectivity index (χ0n) is 12.6. The molecule has 0 amide bonds. The summed E-state index contributed by atoms with van der Waals surface area (Å²) in [6, 6.07) is 15.5. The molecule has 0 bridgehead atoms. The van der Waals surface area contributed by atoms with Crippen LogP contribution < -0.4 is 0 Å². The zero-order valence-corrected chi connectivity index (χ0v) is 12.6. The summed E-state index contributed by atoms with van der Waals surface area (Å²) in [4.78, 5) is 11.1. The van der Waals surface area contributed by atoms with Gasteiger partial charge in [-0.05, 0) is 31.3 Å². The molecule has 0 saturated heterocycles. The van der Waals surface area contributed by atoms with E-state index in [1.807, 2.05) is 48.7 Å². The summed E-state index contributed by atoms with van der Waals surface area (Å²) in [6.07, 6.45) is 2.74. The van der Waals surface area contributed by atoms with E-state index in [0.717, 1.165) is 36.3 Å². The molecule has 4 nitrogen and oxygen atoms in total. The second-order valence-corrected chi connectivity index (χ2v) is 5.46. The van der Waals surface area contributed by atoms with Crippen LogP contribution in [0.15, 0.2) is 54.7 Å². The predicted molar refractivity (Wildman–Crippen MR) is 87.7 cm³/mol. The number of phenols is 1. The number of aromatic nitrogens is 2. The summed E-state index contributed by atoms with van der Waals surface area (Å²) in [6.45, 7) is 1.66. The van der Waals surface area contributed by atoms with Gasteiger partial charge in [0.15, 0.2) is 0 Å². The number of para-hydroxylation sites is 1. The van der Waals surface area contributed by atoms with E-state index >= 15 is 0 Å². The minimum Gasteiger partial charge on any atom is -0.506 e. The third-order valence-corrected chi connectivity index (χ3v) is 3.66. The number of likely N-dealkylation sites (N-methyl/N-ethyl adjacent to an activating group) is 1. The highest BCUT2D eigenvalue weighted by Gasteiger charge is 2.06. The summed E-state index contributed by atoms with van der Waals surface area (Å²) < 4.78 is 0. The van der Waals surface area contributed by atoms with Gasteiger partial charge in [-0.25, -0.2) is 4.98 Å². The average molecular weight is 293 g/mol. The van der Waals surface area contributed by atoms with Crippen molar-refractivity contribution < 1.29 is 5.11 Å². The Hall–Kier alpha value is -2.46. The van der Waals surface area contributed by atoms with Crippen LogP contribution >= 0.6 is 0 Å². The lowest BCUT2D eigenvalue weighted by Gasteiger charge is -2.16. The van der Waals surface area contributed by atoms with E-state index in [-0.39, 0.29) is 5.75 Å². The molecule has 0 unspecified atom stereocenters. The highest BCUT2D eigenvalue weighted by atomic mass is 16.3. The Balaban J connectivity index is 1.66. The van der Waals surface area contributed by atoms with E-state index in [1.54, 1.807) is 6.07 Å². The molecule has 0 spiro atoms. The molecule has 2 heterocycles. The molecule has 0 radical (unpaired) electrons. The van der Waals surface area contributed by atoms with Gasteiger partial charge in [0, 0.05) is 36.8 Å². The smallest absolute Gasteiger partial charge is 0.141 e. The van der Waals surface area contributed by atoms with Crippen LogP contribution in [0.5, 0.6) is 5.75 Å². The van der Waals surface area contributed by atoms with Crippen LogP contribution in [-0.2, 0) is 13.0 Å². The second kappa shape index (κ2) is 6.54. The third kappa shape index (κ3) is 3.40. The summed E-state index contributed by atoms with van der Waals surface area (Å²) >= 11 is 0. The fourth-order valence-electron chi connectivity index (χ4n) is 2.47. The van der Waals surface area contributed by atoms with Gasteiger partial charge in [0.1, 0.15) is 11.3 Å². The van der Waals surface area contributed by atoms with Crippen LogP contribution in [0.1, 0.15) is 11.4 Å². The SMILES string of the molecule is CN(CCc1ccccn1)Cc1ccc2cccc(O)c2n1. The lowest BCUT2D eigenvalue weighted by molar-refractivity contribution is 0.326. The van der Waals surface area contributed by atoms with E-state index < -0.39 is 0 Å². The Morgan fingerprint density at radius 1 is 1.00 bits per heavy atom. The highest BCUT2D eigenvalue weighted by Crippen LogP contribution is 2.22. The number of rotatable bonds is 5. The van der Waals surface area contributed by atoms with Crippen LogP contribution in [-0.4, -0.2) is 33.6 Å². The van der Waals surface area contributed by atoms with Crippen LogP contribution in [0, 0.1) is 0 Å². The number of aromatic hydroxyl groups is 1. The van der Waals surface area contributed by atoms with E-state index in [9.17, 15) is 5.11 Å². The topological polar surface area (TPSA) is 49.2 Å². The van der Waals surface area contributed by atoms with Crippen molar-refractivity contribution in [2.24, 2.45) is 0 Å². The summed E-state index contributed by atoms with van der Waals surface area (Å²) in [5.41, 5.74) is 2.72. The standard InChI is InChI=1S/C18H19N3O/c1-21(12-10-15-6-2-3-11-19-15)13-16-9-8-14-5-4-7-17(22)18(14)20-16/h2-9,11,22H,10,12-13H2,1H3. The van der Waals surface area contributed by atoms with Gasteiger partial charge < -0.3 is 10.0 Å². The number of pyridine rings is 2. The van der Waals surface area contributed by atoms with E-state index in [2.05, 4.69) is 21.9 Å². The van der Waals surface area contributed by atoms with Gasteiger partial charge in [-0.3, -0.25) is 4.98 Å². The predicted octanol–water partition coefficient (Wildman–Crippen LogP) is 3.01. The molecule has 0 fully saturated rings. The second-order valence-electron chi connectivity index (χ2n) is 5.46. The summed E-state index contributed by atoms with van der Waals surface area (Å²) in [5.74, 6) is 0.232. The molecule has 0 aliphatic heterocycles. The van der Waals surface area contributed by atoms with E-state index in [0.29, 0.717) is 5.52 Å². The molecule has 22 heavy (non-hydrogen) atoms. The maximum Gasteiger partial charge on any atom is 0.141 e. The van der Waals surface area contributed by atoms with Crippen molar-refractivity contribution in [3.05, 3.63) is 66.1 Å². The van der Waals surface area contributed by atoms with Gasteiger partial charge in [-0.2, -0.15) is 0 Å². The van der Waals surface area contributed by atoms with Gasteiger partial charge in [-0.15, -0.1) is 0 Å². The van der Waals surface area contributed by atoms with Gasteiger partial charge in [0.25, 0.3) is 0 Å². The number of fused-ring (bicyclic) bond motifs is 1. The molecule has 0 saturated carbocycles. The first-order valence-corrected chi connectivity index (χ1v) is 7.38. The first-order chi connectivity index (χ1) is 10.7. The van der Waals surface area contributed by atoms with Gasteiger partial charge in [0.2, 0.25) is 0 Å². The molecule has 112 valence electrons. The first kappa shape index (κ1) is 14.5. The van der Waals surface area contributed by atoms with Gasteiger partial charge in [-0.1, -0.05) is 24.3 Å². The Morgan fingerprint density at radius 3 is 2.73 bits per heavy atom. The molecule has 4 heteroatoms. The molecule has 3 rings (SSSR count). The largest absolute Gasteiger partial charge is 0.506 e.